The van der Waals surface area contributed by atoms with Crippen molar-refractivity contribution in [3.05, 3.63) is 94.3 Å². The van der Waals surface area contributed by atoms with Crippen molar-refractivity contribution < 1.29 is 14.4 Å². The smallest absolute Gasteiger partial charge is 0.325 e. The fourth-order valence-electron chi connectivity index (χ4n) is 4.24. The van der Waals surface area contributed by atoms with Gasteiger partial charge in [-0.25, -0.2) is 4.79 Å². The second kappa shape index (κ2) is 8.11. The van der Waals surface area contributed by atoms with Crippen LogP contribution in [-0.2, 0) is 16.9 Å². The van der Waals surface area contributed by atoms with E-state index in [0.29, 0.717) is 17.7 Å². The van der Waals surface area contributed by atoms with Gasteiger partial charge in [-0.05, 0) is 44.9 Å². The highest BCUT2D eigenvalue weighted by molar-refractivity contribution is 6.11. The van der Waals surface area contributed by atoms with Gasteiger partial charge in [0.1, 0.15) is 5.54 Å². The van der Waals surface area contributed by atoms with Gasteiger partial charge in [0.15, 0.2) is 5.78 Å². The summed E-state index contributed by atoms with van der Waals surface area (Å²) in [6, 6.07) is 18.8. The third-order valence-electron chi connectivity index (χ3n) is 6.26. The molecule has 0 aliphatic carbocycles. The molecule has 2 heterocycles. The van der Waals surface area contributed by atoms with Crippen molar-refractivity contribution in [3.63, 3.8) is 0 Å². The van der Waals surface area contributed by atoms with E-state index in [1.807, 2.05) is 81.4 Å². The number of Topliss-reactive ketones (excluding diaryl/α,β-unsaturated/α-hetero) is 1. The predicted octanol–water partition coefficient (Wildman–Crippen LogP) is 4.11. The van der Waals surface area contributed by atoms with Gasteiger partial charge < -0.3 is 9.88 Å². The summed E-state index contributed by atoms with van der Waals surface area (Å²) in [5, 5.41) is 2.77. The molecule has 0 spiro atoms. The second-order valence-corrected chi connectivity index (χ2v) is 8.59. The van der Waals surface area contributed by atoms with Crippen LogP contribution < -0.4 is 5.32 Å². The molecule has 0 saturated carbocycles. The first-order chi connectivity index (χ1) is 15.2. The lowest BCUT2D eigenvalue weighted by Gasteiger charge is -2.22. The van der Waals surface area contributed by atoms with Gasteiger partial charge in [0.05, 0.1) is 6.54 Å². The topological polar surface area (TPSA) is 71.4 Å². The van der Waals surface area contributed by atoms with E-state index in [4.69, 9.17) is 0 Å². The molecule has 6 heteroatoms. The largest absolute Gasteiger partial charge is 0.344 e. The Morgan fingerprint density at radius 3 is 2.28 bits per heavy atom. The van der Waals surface area contributed by atoms with Crippen LogP contribution in [0.4, 0.5) is 4.79 Å². The third-order valence-corrected chi connectivity index (χ3v) is 6.26. The number of nitrogens with zero attached hydrogens (tertiary/aromatic N) is 2. The molecule has 1 fully saturated rings. The minimum absolute atomic E-state index is 0.255. The molecule has 2 aromatic carbocycles. The van der Waals surface area contributed by atoms with E-state index >= 15 is 0 Å². The summed E-state index contributed by atoms with van der Waals surface area (Å²) in [5.74, 6) is -0.674. The third kappa shape index (κ3) is 3.73. The minimum Gasteiger partial charge on any atom is -0.344 e. The molecule has 1 saturated heterocycles. The summed E-state index contributed by atoms with van der Waals surface area (Å²) in [6.07, 6.45) is 0. The van der Waals surface area contributed by atoms with Crippen molar-refractivity contribution in [1.82, 2.24) is 14.8 Å². The van der Waals surface area contributed by atoms with Gasteiger partial charge in [0.2, 0.25) is 0 Å². The van der Waals surface area contributed by atoms with E-state index in [2.05, 4.69) is 9.88 Å². The first kappa shape index (κ1) is 21.6. The monoisotopic (exact) mass is 429 g/mol. The zero-order chi connectivity index (χ0) is 23.0. The molecule has 3 aromatic rings. The van der Waals surface area contributed by atoms with E-state index in [9.17, 15) is 14.4 Å². The maximum Gasteiger partial charge on any atom is 0.325 e. The molecule has 1 N–H and O–H groups in total. The van der Waals surface area contributed by atoms with Crippen molar-refractivity contribution in [3.8, 4) is 0 Å². The molecular weight excluding hydrogens is 402 g/mol. The fourth-order valence-corrected chi connectivity index (χ4v) is 4.24. The molecule has 4 rings (SSSR count). The van der Waals surface area contributed by atoms with E-state index in [1.54, 1.807) is 6.92 Å². The number of carbonyl (C=O) groups is 3. The summed E-state index contributed by atoms with van der Waals surface area (Å²) < 4.78 is 2.07. The van der Waals surface area contributed by atoms with Crippen LogP contribution in [0.1, 0.15) is 45.4 Å². The van der Waals surface area contributed by atoms with Gasteiger partial charge in [-0.1, -0.05) is 60.2 Å². The van der Waals surface area contributed by atoms with Crippen LogP contribution in [0.2, 0.25) is 0 Å². The van der Waals surface area contributed by atoms with Gasteiger partial charge in [0.25, 0.3) is 5.91 Å². The lowest BCUT2D eigenvalue weighted by molar-refractivity contribution is -0.130. The molecule has 1 unspecified atom stereocenters. The molecule has 32 heavy (non-hydrogen) atoms. The van der Waals surface area contributed by atoms with Gasteiger partial charge in [-0.3, -0.25) is 14.5 Å². The molecule has 1 aliphatic heterocycles. The van der Waals surface area contributed by atoms with Crippen LogP contribution in [-0.4, -0.2) is 33.7 Å². The standard InChI is InChI=1S/C26H27N3O3/c1-17-10-12-21(13-11-17)26(4)24(31)29(25(32)27-26)16-23(30)22-14-18(2)28(19(22)3)15-20-8-6-5-7-9-20/h5-14H,15-16H2,1-4H3,(H,27,32). The van der Waals surface area contributed by atoms with Crippen molar-refractivity contribution in [2.24, 2.45) is 0 Å². The summed E-state index contributed by atoms with van der Waals surface area (Å²) in [6.45, 7) is 7.84. The minimum atomic E-state index is -1.19. The van der Waals surface area contributed by atoms with Crippen LogP contribution in [0, 0.1) is 20.8 Å². The molecule has 0 bridgehead atoms. The van der Waals surface area contributed by atoms with Crippen molar-refractivity contribution in [2.75, 3.05) is 6.54 Å². The summed E-state index contributed by atoms with van der Waals surface area (Å²) in [4.78, 5) is 40.0. The van der Waals surface area contributed by atoms with Gasteiger partial charge in [0, 0.05) is 23.5 Å². The zero-order valence-electron chi connectivity index (χ0n) is 18.8. The summed E-state index contributed by atoms with van der Waals surface area (Å²) >= 11 is 0. The Hall–Kier alpha value is -3.67. The number of ketones is 1. The van der Waals surface area contributed by atoms with E-state index in [-0.39, 0.29) is 12.3 Å². The lowest BCUT2D eigenvalue weighted by Crippen LogP contribution is -2.41. The molecule has 1 aliphatic rings. The second-order valence-electron chi connectivity index (χ2n) is 8.59. The molecule has 6 nitrogen and oxygen atoms in total. The van der Waals surface area contributed by atoms with E-state index < -0.39 is 17.5 Å². The first-order valence-electron chi connectivity index (χ1n) is 10.7. The Labute approximate surface area is 187 Å². The molecule has 1 atom stereocenters. The quantitative estimate of drug-likeness (QED) is 0.473. The Bertz CT molecular complexity index is 1200. The number of aromatic nitrogens is 1. The van der Waals surface area contributed by atoms with Crippen LogP contribution in [0.25, 0.3) is 0 Å². The average molecular weight is 430 g/mol. The highest BCUT2D eigenvalue weighted by Crippen LogP contribution is 2.29. The maximum absolute atomic E-state index is 13.2. The average Bonchev–Trinajstić information content (AvgIpc) is 3.17. The van der Waals surface area contributed by atoms with Crippen molar-refractivity contribution in [1.29, 1.82) is 0 Å². The van der Waals surface area contributed by atoms with Gasteiger partial charge in [-0.2, -0.15) is 0 Å². The van der Waals surface area contributed by atoms with E-state index in [1.165, 1.54) is 0 Å². The first-order valence-corrected chi connectivity index (χ1v) is 10.7. The predicted molar refractivity (Wildman–Crippen MR) is 123 cm³/mol. The van der Waals surface area contributed by atoms with Gasteiger partial charge in [-0.15, -0.1) is 0 Å². The maximum atomic E-state index is 13.2. The number of benzene rings is 2. The normalized spacial score (nSPS) is 18.2. The van der Waals surface area contributed by atoms with E-state index in [0.717, 1.165) is 27.4 Å². The van der Waals surface area contributed by atoms with Crippen molar-refractivity contribution >= 4 is 17.7 Å². The summed E-state index contributed by atoms with van der Waals surface area (Å²) in [7, 11) is 0. The number of aryl methyl sites for hydroxylation is 2. The number of carbonyl (C=O) groups excluding carboxylic acids is 3. The number of imide groups is 1. The Morgan fingerprint density at radius 1 is 0.969 bits per heavy atom. The Balaban J connectivity index is 1.55. The number of hydrogen-bond acceptors (Lipinski definition) is 3. The molecule has 3 amide bonds. The highest BCUT2D eigenvalue weighted by atomic mass is 16.2. The number of nitrogens with one attached hydrogen (secondary N) is 1. The van der Waals surface area contributed by atoms with Crippen LogP contribution in [0.3, 0.4) is 0 Å². The zero-order valence-corrected chi connectivity index (χ0v) is 18.8. The van der Waals surface area contributed by atoms with Crippen molar-refractivity contribution in [2.45, 2.75) is 39.8 Å². The summed E-state index contributed by atoms with van der Waals surface area (Å²) in [5.41, 5.74) is 4.01. The molecule has 0 radical (unpaired) electrons. The molecule has 164 valence electrons. The number of rotatable bonds is 6. The Morgan fingerprint density at radius 2 is 1.62 bits per heavy atom. The van der Waals surface area contributed by atoms with Crippen LogP contribution in [0.15, 0.2) is 60.7 Å². The highest BCUT2D eigenvalue weighted by Gasteiger charge is 2.49. The SMILES string of the molecule is Cc1ccc(C2(C)NC(=O)N(CC(=O)c3cc(C)n(Cc4ccccc4)c3C)C2=O)cc1. The van der Waals surface area contributed by atoms with Crippen LogP contribution >= 0.6 is 0 Å². The number of amides is 3. The molecular formula is C26H27N3O3. The number of hydrogen-bond donors (Lipinski definition) is 1. The Kier molecular flexibility index (Phi) is 5.46. The number of urea groups is 1. The fraction of sp³-hybridized carbons (Fsp3) is 0.269. The lowest BCUT2D eigenvalue weighted by atomic mass is 9.91. The van der Waals surface area contributed by atoms with Gasteiger partial charge >= 0.3 is 6.03 Å². The molecule has 1 aromatic heterocycles. The van der Waals surface area contributed by atoms with Crippen LogP contribution in [0.5, 0.6) is 0 Å².